The molecule has 0 spiro atoms. The van der Waals surface area contributed by atoms with Crippen molar-refractivity contribution in [3.8, 4) is 0 Å². The molecule has 0 fully saturated rings. The fourth-order valence-electron chi connectivity index (χ4n) is 2.15. The van der Waals surface area contributed by atoms with Crippen molar-refractivity contribution in [1.82, 2.24) is 4.98 Å². The number of carbonyl (C=O) groups is 1. The van der Waals surface area contributed by atoms with Crippen LogP contribution >= 0.6 is 11.3 Å². The number of carboxylic acid groups (broad SMARTS) is 1. The van der Waals surface area contributed by atoms with E-state index in [4.69, 9.17) is 5.11 Å². The van der Waals surface area contributed by atoms with Gasteiger partial charge in [0.1, 0.15) is 0 Å². The number of aromatic carboxylic acids is 1. The first kappa shape index (κ1) is 11.2. The monoisotopic (exact) mass is 260 g/mol. The predicted molar refractivity (Wildman–Crippen MR) is 70.3 cm³/mol. The van der Waals surface area contributed by atoms with Gasteiger partial charge in [-0.05, 0) is 12.1 Å². The molecule has 0 saturated heterocycles. The molecule has 3 rings (SSSR count). The Bertz CT molecular complexity index is 580. The third-order valence-electron chi connectivity index (χ3n) is 3.03. The van der Waals surface area contributed by atoms with Gasteiger partial charge in [-0.1, -0.05) is 18.2 Å². The molecule has 0 amide bonds. The number of thiazole rings is 1. The van der Waals surface area contributed by atoms with Gasteiger partial charge in [0.2, 0.25) is 5.01 Å². The van der Waals surface area contributed by atoms with E-state index in [-0.39, 0.29) is 5.01 Å². The molecule has 0 atom stereocenters. The first-order valence-electron chi connectivity index (χ1n) is 5.76. The molecule has 5 heteroatoms. The molecule has 0 radical (unpaired) electrons. The van der Waals surface area contributed by atoms with Crippen molar-refractivity contribution < 1.29 is 9.90 Å². The van der Waals surface area contributed by atoms with Crippen molar-refractivity contribution in [3.05, 3.63) is 45.9 Å². The van der Waals surface area contributed by atoms with Crippen molar-refractivity contribution in [2.24, 2.45) is 0 Å². The van der Waals surface area contributed by atoms with Crippen LogP contribution in [0.2, 0.25) is 0 Å². The summed E-state index contributed by atoms with van der Waals surface area (Å²) in [5, 5.41) is 9.15. The highest BCUT2D eigenvalue weighted by molar-refractivity contribution is 7.13. The third kappa shape index (κ3) is 1.97. The number of carboxylic acids is 1. The van der Waals surface area contributed by atoms with Gasteiger partial charge in [-0.2, -0.15) is 0 Å². The van der Waals surface area contributed by atoms with Crippen LogP contribution in [0.1, 0.15) is 20.4 Å². The average Bonchev–Trinajstić information content (AvgIpc) is 2.82. The summed E-state index contributed by atoms with van der Waals surface area (Å²) in [4.78, 5) is 18.4. The van der Waals surface area contributed by atoms with E-state index in [1.807, 2.05) is 18.2 Å². The van der Waals surface area contributed by atoms with Crippen LogP contribution < -0.4 is 4.90 Å². The topological polar surface area (TPSA) is 53.4 Å². The van der Waals surface area contributed by atoms with Crippen LogP contribution in [0.4, 0.5) is 5.69 Å². The summed E-state index contributed by atoms with van der Waals surface area (Å²) >= 11 is 1.30. The lowest BCUT2D eigenvalue weighted by Gasteiger charge is -2.28. The third-order valence-corrected chi connectivity index (χ3v) is 4.18. The Morgan fingerprint density at radius 3 is 2.83 bits per heavy atom. The molecule has 2 aromatic rings. The normalized spacial score (nSPS) is 14.3. The van der Waals surface area contributed by atoms with Crippen LogP contribution in [0.3, 0.4) is 0 Å². The van der Waals surface area contributed by atoms with Gasteiger partial charge >= 0.3 is 5.97 Å². The smallest absolute Gasteiger partial charge is 0.365 e. The fraction of sp³-hybridized carbons (Fsp3) is 0.231. The zero-order valence-corrected chi connectivity index (χ0v) is 10.5. The second kappa shape index (κ2) is 4.42. The van der Waals surface area contributed by atoms with Gasteiger partial charge in [0.05, 0.1) is 12.2 Å². The molecule has 0 aliphatic carbocycles. The van der Waals surface area contributed by atoms with E-state index in [1.54, 1.807) is 0 Å². The van der Waals surface area contributed by atoms with Gasteiger partial charge in [-0.25, -0.2) is 9.78 Å². The van der Waals surface area contributed by atoms with Crippen molar-refractivity contribution in [2.75, 3.05) is 11.4 Å². The highest BCUT2D eigenvalue weighted by Crippen LogP contribution is 2.27. The maximum absolute atomic E-state index is 10.9. The zero-order valence-electron chi connectivity index (χ0n) is 9.67. The van der Waals surface area contributed by atoms with E-state index in [0.29, 0.717) is 6.54 Å². The Hall–Kier alpha value is -1.88. The van der Waals surface area contributed by atoms with E-state index < -0.39 is 5.97 Å². The van der Waals surface area contributed by atoms with Gasteiger partial charge in [0, 0.05) is 23.5 Å². The highest BCUT2D eigenvalue weighted by Gasteiger charge is 2.22. The van der Waals surface area contributed by atoms with Gasteiger partial charge < -0.3 is 10.0 Å². The summed E-state index contributed by atoms with van der Waals surface area (Å²) in [5.41, 5.74) is 2.07. The molecule has 18 heavy (non-hydrogen) atoms. The van der Waals surface area contributed by atoms with Gasteiger partial charge in [0.25, 0.3) is 0 Å². The lowest BCUT2D eigenvalue weighted by Crippen LogP contribution is -2.29. The molecule has 0 unspecified atom stereocenters. The van der Waals surface area contributed by atoms with Gasteiger partial charge in [-0.3, -0.25) is 0 Å². The summed E-state index contributed by atoms with van der Waals surface area (Å²) in [6.45, 7) is 1.61. The van der Waals surface area contributed by atoms with Crippen LogP contribution in [-0.4, -0.2) is 22.6 Å². The number of anilines is 1. The van der Waals surface area contributed by atoms with Crippen LogP contribution in [0.5, 0.6) is 0 Å². The SMILES string of the molecule is O=C(O)c1nc2c(s1)CCN(c1ccccc1)C2. The van der Waals surface area contributed by atoms with Gasteiger partial charge in [-0.15, -0.1) is 11.3 Å². The second-order valence-corrected chi connectivity index (χ2v) is 5.28. The zero-order chi connectivity index (χ0) is 12.5. The molecule has 4 nitrogen and oxygen atoms in total. The average molecular weight is 260 g/mol. The number of hydrogen-bond donors (Lipinski definition) is 1. The van der Waals surface area contributed by atoms with Crippen LogP contribution in [0.15, 0.2) is 30.3 Å². The summed E-state index contributed by atoms with van der Waals surface area (Å²) in [5.74, 6) is -0.930. The first-order chi connectivity index (χ1) is 8.74. The van der Waals surface area contributed by atoms with E-state index in [2.05, 4.69) is 22.0 Å². The molecular weight excluding hydrogens is 248 g/mol. The van der Waals surface area contributed by atoms with E-state index >= 15 is 0 Å². The molecular formula is C13H12N2O2S. The molecule has 0 saturated carbocycles. The Labute approximate surface area is 109 Å². The predicted octanol–water partition coefficient (Wildman–Crippen LogP) is 2.40. The number of para-hydroxylation sites is 1. The highest BCUT2D eigenvalue weighted by atomic mass is 32.1. The van der Waals surface area contributed by atoms with Crippen LogP contribution in [-0.2, 0) is 13.0 Å². The minimum atomic E-state index is -0.930. The number of fused-ring (bicyclic) bond motifs is 1. The maximum atomic E-state index is 10.9. The van der Waals surface area contributed by atoms with Crippen LogP contribution in [0.25, 0.3) is 0 Å². The van der Waals surface area contributed by atoms with Crippen molar-refractivity contribution in [3.63, 3.8) is 0 Å². The van der Waals surface area contributed by atoms with Crippen molar-refractivity contribution >= 4 is 23.0 Å². The standard InChI is InChI=1S/C13H12N2O2S/c16-13(17)12-14-10-8-15(7-6-11(10)18-12)9-4-2-1-3-5-9/h1-5H,6-8H2,(H,16,17). The quantitative estimate of drug-likeness (QED) is 0.901. The largest absolute Gasteiger partial charge is 0.476 e. The molecule has 0 bridgehead atoms. The minimum absolute atomic E-state index is 0.204. The van der Waals surface area contributed by atoms with E-state index in [1.165, 1.54) is 11.3 Å². The lowest BCUT2D eigenvalue weighted by atomic mass is 10.1. The Kier molecular flexibility index (Phi) is 2.76. The number of hydrogen-bond acceptors (Lipinski definition) is 4. The molecule has 1 N–H and O–H groups in total. The summed E-state index contributed by atoms with van der Waals surface area (Å²) in [6, 6.07) is 10.1. The van der Waals surface area contributed by atoms with Crippen molar-refractivity contribution in [1.29, 1.82) is 0 Å². The number of benzene rings is 1. The van der Waals surface area contributed by atoms with E-state index in [9.17, 15) is 4.79 Å². The Balaban J connectivity index is 1.87. The van der Waals surface area contributed by atoms with Crippen LogP contribution in [0, 0.1) is 0 Å². The molecule has 92 valence electrons. The fourth-order valence-corrected chi connectivity index (χ4v) is 3.05. The summed E-state index contributed by atoms with van der Waals surface area (Å²) in [6.07, 6.45) is 0.870. The lowest BCUT2D eigenvalue weighted by molar-refractivity contribution is 0.0696. The summed E-state index contributed by atoms with van der Waals surface area (Å²) in [7, 11) is 0. The molecule has 1 aliphatic heterocycles. The molecule has 1 aliphatic rings. The molecule has 2 heterocycles. The van der Waals surface area contributed by atoms with Crippen molar-refractivity contribution in [2.45, 2.75) is 13.0 Å². The van der Waals surface area contributed by atoms with Gasteiger partial charge in [0.15, 0.2) is 0 Å². The maximum Gasteiger partial charge on any atom is 0.365 e. The Morgan fingerprint density at radius 2 is 2.11 bits per heavy atom. The Morgan fingerprint density at radius 1 is 1.33 bits per heavy atom. The number of aromatic nitrogens is 1. The minimum Gasteiger partial charge on any atom is -0.476 e. The molecule has 1 aromatic heterocycles. The van der Waals surface area contributed by atoms with E-state index in [0.717, 1.165) is 29.2 Å². The molecule has 1 aromatic carbocycles. The second-order valence-electron chi connectivity index (χ2n) is 4.20. The first-order valence-corrected chi connectivity index (χ1v) is 6.57. The number of nitrogens with zero attached hydrogens (tertiary/aromatic N) is 2. The summed E-state index contributed by atoms with van der Waals surface area (Å²) < 4.78 is 0. The number of rotatable bonds is 2.